The molecule has 2 heteroatoms. The molecule has 1 aliphatic rings. The van der Waals surface area contributed by atoms with Gasteiger partial charge in [-0.15, -0.1) is 0 Å². The maximum Gasteiger partial charge on any atom is 0.0758 e. The Hall–Kier alpha value is -0.340. The second kappa shape index (κ2) is 2.95. The van der Waals surface area contributed by atoms with E-state index in [4.69, 9.17) is 0 Å². The average Bonchev–Trinajstić information content (AvgIpc) is 2.08. The molecule has 1 heterocycles. The topological polar surface area (TPSA) is 23.5 Å². The van der Waals surface area contributed by atoms with Gasteiger partial charge in [0.1, 0.15) is 0 Å². The molecule has 0 radical (unpaired) electrons. The van der Waals surface area contributed by atoms with E-state index >= 15 is 0 Å². The molecule has 1 fully saturated rings. The third kappa shape index (κ3) is 2.64. The summed E-state index contributed by atoms with van der Waals surface area (Å²) in [6.45, 7) is 10.5. The first kappa shape index (κ1) is 8.75. The molecule has 1 aliphatic heterocycles. The third-order valence-corrected chi connectivity index (χ3v) is 2.02. The minimum Gasteiger partial charge on any atom is -0.389 e. The van der Waals surface area contributed by atoms with Crippen molar-refractivity contribution >= 4 is 0 Å². The van der Waals surface area contributed by atoms with Crippen molar-refractivity contribution in [3.05, 3.63) is 12.2 Å². The second-order valence-corrected chi connectivity index (χ2v) is 3.91. The standard InChI is InChI=1S/C9H17NO/c1-8(2)6-10-5-4-9(3,11)7-10/h11H,1,4-7H2,2-3H3. The van der Waals surface area contributed by atoms with Crippen molar-refractivity contribution < 1.29 is 5.11 Å². The molecule has 11 heavy (non-hydrogen) atoms. The van der Waals surface area contributed by atoms with E-state index in [0.29, 0.717) is 0 Å². The zero-order valence-electron chi connectivity index (χ0n) is 7.43. The van der Waals surface area contributed by atoms with E-state index in [0.717, 1.165) is 26.1 Å². The molecular weight excluding hydrogens is 138 g/mol. The van der Waals surface area contributed by atoms with Gasteiger partial charge < -0.3 is 5.11 Å². The van der Waals surface area contributed by atoms with Crippen LogP contribution in [0, 0.1) is 0 Å². The summed E-state index contributed by atoms with van der Waals surface area (Å²) in [6, 6.07) is 0. The van der Waals surface area contributed by atoms with Crippen molar-refractivity contribution in [3.8, 4) is 0 Å². The molecule has 0 bridgehead atoms. The van der Waals surface area contributed by atoms with E-state index in [9.17, 15) is 5.11 Å². The Balaban J connectivity index is 2.36. The molecule has 0 saturated carbocycles. The van der Waals surface area contributed by atoms with Crippen LogP contribution in [0.3, 0.4) is 0 Å². The lowest BCUT2D eigenvalue weighted by atomic mass is 10.1. The number of nitrogens with zero attached hydrogens (tertiary/aromatic N) is 1. The highest BCUT2D eigenvalue weighted by Crippen LogP contribution is 2.20. The average molecular weight is 155 g/mol. The number of aliphatic hydroxyl groups is 1. The zero-order valence-corrected chi connectivity index (χ0v) is 7.43. The lowest BCUT2D eigenvalue weighted by Crippen LogP contribution is -2.30. The summed E-state index contributed by atoms with van der Waals surface area (Å²) in [5.41, 5.74) is 0.706. The van der Waals surface area contributed by atoms with Crippen molar-refractivity contribution in [1.82, 2.24) is 4.90 Å². The first-order valence-electron chi connectivity index (χ1n) is 4.09. The van der Waals surface area contributed by atoms with E-state index < -0.39 is 5.60 Å². The summed E-state index contributed by atoms with van der Waals surface area (Å²) in [5.74, 6) is 0. The molecule has 0 aromatic rings. The highest BCUT2D eigenvalue weighted by Gasteiger charge is 2.30. The van der Waals surface area contributed by atoms with E-state index in [1.54, 1.807) is 0 Å². The molecule has 1 saturated heterocycles. The van der Waals surface area contributed by atoms with Gasteiger partial charge in [0.05, 0.1) is 5.60 Å². The van der Waals surface area contributed by atoms with E-state index in [1.807, 2.05) is 13.8 Å². The minimum absolute atomic E-state index is 0.463. The van der Waals surface area contributed by atoms with Gasteiger partial charge in [0.15, 0.2) is 0 Å². The second-order valence-electron chi connectivity index (χ2n) is 3.91. The molecule has 64 valence electrons. The monoisotopic (exact) mass is 155 g/mol. The van der Waals surface area contributed by atoms with Crippen LogP contribution in [0.15, 0.2) is 12.2 Å². The van der Waals surface area contributed by atoms with E-state index in [1.165, 1.54) is 5.57 Å². The molecule has 1 N–H and O–H groups in total. The molecule has 1 atom stereocenters. The maximum absolute atomic E-state index is 9.61. The molecule has 1 unspecified atom stereocenters. The SMILES string of the molecule is C=C(C)CN1CCC(C)(O)C1. The lowest BCUT2D eigenvalue weighted by molar-refractivity contribution is 0.0700. The number of β-amino-alcohol motifs (C(OH)–C–C–N with tert-alkyl or cyclic N) is 1. The minimum atomic E-state index is -0.463. The Kier molecular flexibility index (Phi) is 2.35. The van der Waals surface area contributed by atoms with Crippen molar-refractivity contribution in [2.45, 2.75) is 25.9 Å². The normalized spacial score (nSPS) is 32.6. The molecule has 0 aliphatic carbocycles. The van der Waals surface area contributed by atoms with Crippen LogP contribution in [0.2, 0.25) is 0 Å². The van der Waals surface area contributed by atoms with Crippen molar-refractivity contribution in [1.29, 1.82) is 0 Å². The van der Waals surface area contributed by atoms with E-state index in [2.05, 4.69) is 11.5 Å². The van der Waals surface area contributed by atoms with E-state index in [-0.39, 0.29) is 0 Å². The molecule has 1 rings (SSSR count). The maximum atomic E-state index is 9.61. The Morgan fingerprint density at radius 2 is 2.36 bits per heavy atom. The summed E-state index contributed by atoms with van der Waals surface area (Å²) < 4.78 is 0. The molecule has 0 aromatic carbocycles. The van der Waals surface area contributed by atoms with Crippen LogP contribution < -0.4 is 0 Å². The number of rotatable bonds is 2. The highest BCUT2D eigenvalue weighted by molar-refractivity contribution is 4.96. The van der Waals surface area contributed by atoms with Crippen LogP contribution in [0.4, 0.5) is 0 Å². The fourth-order valence-corrected chi connectivity index (χ4v) is 1.56. The van der Waals surface area contributed by atoms with Crippen molar-refractivity contribution in [3.63, 3.8) is 0 Å². The van der Waals surface area contributed by atoms with Crippen LogP contribution >= 0.6 is 0 Å². The number of hydrogen-bond donors (Lipinski definition) is 1. The molecule has 2 nitrogen and oxygen atoms in total. The van der Waals surface area contributed by atoms with Gasteiger partial charge in [0.25, 0.3) is 0 Å². The van der Waals surface area contributed by atoms with Gasteiger partial charge in [-0.1, -0.05) is 12.2 Å². The summed E-state index contributed by atoms with van der Waals surface area (Å²) in [5, 5.41) is 9.61. The summed E-state index contributed by atoms with van der Waals surface area (Å²) in [7, 11) is 0. The Morgan fingerprint density at radius 1 is 1.73 bits per heavy atom. The molecule has 0 spiro atoms. The van der Waals surface area contributed by atoms with Crippen LogP contribution in [0.5, 0.6) is 0 Å². The zero-order chi connectivity index (χ0) is 8.48. The van der Waals surface area contributed by atoms with Crippen LogP contribution in [0.1, 0.15) is 20.3 Å². The van der Waals surface area contributed by atoms with Crippen molar-refractivity contribution in [2.24, 2.45) is 0 Å². The Morgan fingerprint density at radius 3 is 2.73 bits per heavy atom. The smallest absolute Gasteiger partial charge is 0.0758 e. The number of likely N-dealkylation sites (tertiary alicyclic amines) is 1. The third-order valence-electron chi connectivity index (χ3n) is 2.02. The van der Waals surface area contributed by atoms with Gasteiger partial charge in [-0.25, -0.2) is 0 Å². The molecular formula is C9H17NO. The fourth-order valence-electron chi connectivity index (χ4n) is 1.56. The van der Waals surface area contributed by atoms with Crippen LogP contribution in [-0.2, 0) is 0 Å². The Labute approximate surface area is 68.5 Å². The fraction of sp³-hybridized carbons (Fsp3) is 0.778. The van der Waals surface area contributed by atoms with Crippen LogP contribution in [0.25, 0.3) is 0 Å². The summed E-state index contributed by atoms with van der Waals surface area (Å²) >= 11 is 0. The predicted octanol–water partition coefficient (Wildman–Crippen LogP) is 1.02. The van der Waals surface area contributed by atoms with Crippen molar-refractivity contribution in [2.75, 3.05) is 19.6 Å². The highest BCUT2D eigenvalue weighted by atomic mass is 16.3. The Bertz CT molecular complexity index is 163. The van der Waals surface area contributed by atoms with Gasteiger partial charge in [0.2, 0.25) is 0 Å². The molecule has 0 aromatic heterocycles. The number of hydrogen-bond acceptors (Lipinski definition) is 2. The first-order chi connectivity index (χ1) is 4.99. The van der Waals surface area contributed by atoms with Gasteiger partial charge in [-0.3, -0.25) is 4.90 Å². The van der Waals surface area contributed by atoms with Gasteiger partial charge in [-0.05, 0) is 20.3 Å². The van der Waals surface area contributed by atoms with Gasteiger partial charge in [-0.2, -0.15) is 0 Å². The predicted molar refractivity (Wildman–Crippen MR) is 46.5 cm³/mol. The lowest BCUT2D eigenvalue weighted by Gasteiger charge is -2.18. The van der Waals surface area contributed by atoms with Gasteiger partial charge >= 0.3 is 0 Å². The van der Waals surface area contributed by atoms with Crippen LogP contribution in [-0.4, -0.2) is 35.2 Å². The summed E-state index contributed by atoms with van der Waals surface area (Å²) in [4.78, 5) is 2.24. The first-order valence-corrected chi connectivity index (χ1v) is 4.09. The summed E-state index contributed by atoms with van der Waals surface area (Å²) in [6.07, 6.45) is 0.889. The quantitative estimate of drug-likeness (QED) is 0.602. The molecule has 0 amide bonds. The van der Waals surface area contributed by atoms with Gasteiger partial charge in [0, 0.05) is 19.6 Å². The largest absolute Gasteiger partial charge is 0.389 e.